The number of aromatic nitrogens is 3. The number of amides is 1. The fraction of sp³-hybridized carbons (Fsp3) is 0.500. The number of rotatable bonds is 16. The van der Waals surface area contributed by atoms with Gasteiger partial charge in [-0.25, -0.2) is 13.1 Å². The number of aliphatic hydroxyl groups is 1. The third-order valence-corrected chi connectivity index (χ3v) is 19.8. The summed E-state index contributed by atoms with van der Waals surface area (Å²) in [7, 11) is -2.96. The van der Waals surface area contributed by atoms with Crippen LogP contribution in [0.2, 0.25) is 0 Å². The number of nitrogens with one attached hydrogen (secondary N) is 3. The Labute approximate surface area is 485 Å². The van der Waals surface area contributed by atoms with Gasteiger partial charge >= 0.3 is 0 Å². The molecule has 6 aromatic rings. The standard InChI is InChI=1S/C62H76N10O10S/c1-39(2)81-55-9-7-6-8-47(55)54-37-68(36-42-28-56(79-5)40(3)64-35-42)25-26-70(54)45-32-62(33-45)20-23-69(24-21-62)44-10-12-48(51(30-44)71-50-17-27-80-38-57(50)82-60-53(71)29-43-16-22-63-58(43)66-60)59(73)67-83(77,78)46-11-13-49(52(31-46)72(75)76)65-34-41-14-18-61(4,74)19-15-41/h6-13,16,22,28-31,35,39,41,45,50,54,57,65,74H,14-15,17-21,23-27,32-34,36-38H2,1-5H3,(H,63,66)(H,67,73)/t41-,50-,54+,57-,61-/m0/s1. The number of H-pyrrole nitrogens is 1. The van der Waals surface area contributed by atoms with Gasteiger partial charge in [0, 0.05) is 93.6 Å². The average Bonchev–Trinajstić information content (AvgIpc) is 4.10. The Morgan fingerprint density at radius 1 is 0.964 bits per heavy atom. The second kappa shape index (κ2) is 22.8. The first-order valence-electron chi connectivity index (χ1n) is 29.4. The van der Waals surface area contributed by atoms with Crippen molar-refractivity contribution < 1.29 is 42.2 Å². The summed E-state index contributed by atoms with van der Waals surface area (Å²) in [5.74, 6) is 1.38. The highest BCUT2D eigenvalue weighted by Crippen LogP contribution is 2.54. The molecule has 1 amide bonds. The van der Waals surface area contributed by atoms with Crippen molar-refractivity contribution in [3.05, 3.63) is 124 Å². The minimum Gasteiger partial charge on any atom is -0.495 e. The van der Waals surface area contributed by atoms with E-state index >= 15 is 0 Å². The van der Waals surface area contributed by atoms with Crippen LogP contribution >= 0.6 is 0 Å². The van der Waals surface area contributed by atoms with Gasteiger partial charge in [-0.2, -0.15) is 4.98 Å². The van der Waals surface area contributed by atoms with Gasteiger partial charge in [-0.1, -0.05) is 18.2 Å². The normalized spacial score (nSPS) is 23.9. The number of carbonyl (C=O) groups is 1. The molecule has 3 atom stereocenters. The molecule has 6 aliphatic rings. The SMILES string of the molecule is COc1cc(CN2CCN(C3CC4(CCN(c5ccc(C(=O)NS(=O)(=O)c6ccc(NC[C@H]7CC[C@](C)(O)CC7)c([N+](=O)[O-])c6)c(N6c7cc8cc[nH]c8nc7O[C@H]7COCC[C@@H]76)c5)CC4)C3)[C@@H](c3ccccc3OC(C)C)C2)cnc1C. The number of hydrogen-bond acceptors (Lipinski definition) is 17. The zero-order valence-electron chi connectivity index (χ0n) is 48.0. The molecule has 83 heavy (non-hydrogen) atoms. The van der Waals surface area contributed by atoms with Gasteiger partial charge in [0.05, 0.1) is 64.3 Å². The molecule has 7 heterocycles. The number of sulfonamides is 1. The number of aryl methyl sites for hydroxylation is 1. The molecule has 0 radical (unpaired) electrons. The third-order valence-electron chi connectivity index (χ3n) is 18.4. The van der Waals surface area contributed by atoms with Crippen LogP contribution in [0.25, 0.3) is 11.0 Å². The van der Waals surface area contributed by atoms with Gasteiger partial charge in [-0.15, -0.1) is 0 Å². The molecule has 5 fully saturated rings. The van der Waals surface area contributed by atoms with E-state index in [4.69, 9.17) is 23.9 Å². The topological polar surface area (TPSA) is 230 Å². The molecule has 12 rings (SSSR count). The number of ether oxygens (including phenoxy) is 4. The number of hydrogen-bond donors (Lipinski definition) is 4. The summed E-state index contributed by atoms with van der Waals surface area (Å²) >= 11 is 0. The number of anilines is 4. The van der Waals surface area contributed by atoms with E-state index in [0.717, 1.165) is 118 Å². The Balaban J connectivity index is 0.798. The number of piperidine rings is 1. The molecule has 0 bridgehead atoms. The molecule has 440 valence electrons. The Morgan fingerprint density at radius 3 is 2.53 bits per heavy atom. The van der Waals surface area contributed by atoms with Gasteiger partial charge in [0.2, 0.25) is 5.88 Å². The maximum atomic E-state index is 14.9. The van der Waals surface area contributed by atoms with Crippen molar-refractivity contribution in [3.8, 4) is 17.4 Å². The van der Waals surface area contributed by atoms with Crippen LogP contribution in [0.15, 0.2) is 96.2 Å². The monoisotopic (exact) mass is 1150 g/mol. The molecule has 3 saturated heterocycles. The Hall–Kier alpha value is -7.04. The molecule has 21 heteroatoms. The maximum absolute atomic E-state index is 14.9. The Kier molecular flexibility index (Phi) is 15.5. The number of nitro benzene ring substituents is 1. The van der Waals surface area contributed by atoms with E-state index in [0.29, 0.717) is 61.4 Å². The van der Waals surface area contributed by atoms with Crippen molar-refractivity contribution >= 4 is 55.4 Å². The van der Waals surface area contributed by atoms with Crippen LogP contribution in [-0.2, 0) is 21.3 Å². The van der Waals surface area contributed by atoms with E-state index in [-0.39, 0.29) is 47.4 Å². The molecule has 0 unspecified atom stereocenters. The van der Waals surface area contributed by atoms with Gasteiger partial charge < -0.3 is 44.2 Å². The van der Waals surface area contributed by atoms with Crippen molar-refractivity contribution in [2.75, 3.05) is 74.7 Å². The number of nitro groups is 1. The van der Waals surface area contributed by atoms with Gasteiger partial charge in [-0.3, -0.25) is 29.7 Å². The summed E-state index contributed by atoms with van der Waals surface area (Å²) in [4.78, 5) is 48.7. The second-order valence-corrected chi connectivity index (χ2v) is 26.1. The van der Waals surface area contributed by atoms with E-state index in [9.17, 15) is 28.4 Å². The molecule has 2 aliphatic carbocycles. The lowest BCUT2D eigenvalue weighted by Crippen LogP contribution is -2.59. The lowest BCUT2D eigenvalue weighted by Gasteiger charge is -2.58. The average molecular weight is 1150 g/mol. The molecular weight excluding hydrogens is 1080 g/mol. The number of aromatic amines is 1. The van der Waals surface area contributed by atoms with Gasteiger partial charge in [0.15, 0.2) is 0 Å². The predicted molar refractivity (Wildman–Crippen MR) is 316 cm³/mol. The van der Waals surface area contributed by atoms with Crippen LogP contribution in [0, 0.1) is 28.4 Å². The zero-order chi connectivity index (χ0) is 57.8. The van der Waals surface area contributed by atoms with Crippen LogP contribution < -0.4 is 34.0 Å². The number of carbonyl (C=O) groups excluding carboxylic acids is 1. The molecule has 20 nitrogen and oxygen atoms in total. The first-order chi connectivity index (χ1) is 39.9. The summed E-state index contributed by atoms with van der Waals surface area (Å²) in [6.07, 6.45) is 10.8. The van der Waals surface area contributed by atoms with Crippen molar-refractivity contribution in [1.29, 1.82) is 0 Å². The number of fused-ring (bicyclic) bond motifs is 3. The smallest absolute Gasteiger partial charge is 0.293 e. The van der Waals surface area contributed by atoms with E-state index in [1.807, 2.05) is 50.5 Å². The highest BCUT2D eigenvalue weighted by atomic mass is 32.2. The van der Waals surface area contributed by atoms with E-state index in [1.165, 1.54) is 17.7 Å². The largest absolute Gasteiger partial charge is 0.495 e. The molecule has 3 aromatic carbocycles. The van der Waals surface area contributed by atoms with Crippen molar-refractivity contribution in [2.24, 2.45) is 11.3 Å². The highest BCUT2D eigenvalue weighted by molar-refractivity contribution is 7.90. The molecule has 4 N–H and O–H groups in total. The minimum atomic E-state index is -4.65. The van der Waals surface area contributed by atoms with E-state index in [2.05, 4.69) is 83.8 Å². The molecule has 2 saturated carbocycles. The quantitative estimate of drug-likeness (QED) is 0.0522. The van der Waals surface area contributed by atoms with Crippen molar-refractivity contribution in [1.82, 2.24) is 29.5 Å². The minimum absolute atomic E-state index is 0.0351. The lowest BCUT2D eigenvalue weighted by molar-refractivity contribution is -0.384. The number of pyridine rings is 2. The number of piperazine rings is 1. The second-order valence-electron chi connectivity index (χ2n) is 24.5. The molecule has 4 aliphatic heterocycles. The predicted octanol–water partition coefficient (Wildman–Crippen LogP) is 9.44. The number of nitrogens with zero attached hydrogens (tertiary/aromatic N) is 7. The molecule has 1 spiro atoms. The van der Waals surface area contributed by atoms with Gasteiger partial charge in [-0.05, 0) is 157 Å². The van der Waals surface area contributed by atoms with Gasteiger partial charge in [0.25, 0.3) is 21.6 Å². The first kappa shape index (κ1) is 56.4. The number of benzene rings is 3. The summed E-state index contributed by atoms with van der Waals surface area (Å²) < 4.78 is 55.5. The summed E-state index contributed by atoms with van der Waals surface area (Å²) in [6, 6.07) is 24.0. The van der Waals surface area contributed by atoms with E-state index in [1.54, 1.807) is 13.2 Å². The maximum Gasteiger partial charge on any atom is 0.293 e. The fourth-order valence-corrected chi connectivity index (χ4v) is 14.8. The Bertz CT molecular complexity index is 3500. The lowest BCUT2D eigenvalue weighted by atomic mass is 9.59. The first-order valence-corrected chi connectivity index (χ1v) is 30.9. The van der Waals surface area contributed by atoms with Crippen LogP contribution in [0.3, 0.4) is 0 Å². The summed E-state index contributed by atoms with van der Waals surface area (Å²) in [6.45, 7) is 14.2. The molecule has 3 aromatic heterocycles. The van der Waals surface area contributed by atoms with Crippen LogP contribution in [-0.4, -0.2) is 139 Å². The summed E-state index contributed by atoms with van der Waals surface area (Å²) in [5.41, 5.74) is 5.15. The highest BCUT2D eigenvalue weighted by Gasteiger charge is 2.51. The Morgan fingerprint density at radius 2 is 1.76 bits per heavy atom. The van der Waals surface area contributed by atoms with Gasteiger partial charge in [0.1, 0.15) is 34.6 Å². The van der Waals surface area contributed by atoms with E-state index < -0.39 is 43.1 Å². The van der Waals surface area contributed by atoms with Crippen LogP contribution in [0.5, 0.6) is 17.4 Å². The van der Waals surface area contributed by atoms with Crippen LogP contribution in [0.1, 0.15) is 112 Å². The number of methoxy groups -OCH3 is 1. The van der Waals surface area contributed by atoms with Crippen LogP contribution in [0.4, 0.5) is 28.4 Å². The third kappa shape index (κ3) is 11.7. The zero-order valence-corrected chi connectivity index (χ0v) is 48.8. The number of para-hydroxylation sites is 1. The van der Waals surface area contributed by atoms with Crippen molar-refractivity contribution in [2.45, 2.75) is 133 Å². The van der Waals surface area contributed by atoms with Crippen molar-refractivity contribution in [3.63, 3.8) is 0 Å². The summed E-state index contributed by atoms with van der Waals surface area (Å²) in [5, 5.41) is 26.9. The molecular formula is C62H76N10O10S. The fourth-order valence-electron chi connectivity index (χ4n) is 13.8.